The number of hydrogen-bond acceptors (Lipinski definition) is 5. The maximum Gasteiger partial charge on any atom is 0.363 e. The van der Waals surface area contributed by atoms with E-state index in [0.717, 1.165) is 5.56 Å². The van der Waals surface area contributed by atoms with Crippen molar-refractivity contribution < 1.29 is 14.3 Å². The lowest BCUT2D eigenvalue weighted by molar-refractivity contribution is -0.129. The lowest BCUT2D eigenvalue weighted by Crippen LogP contribution is -2.06. The average molecular weight is 280 g/mol. The van der Waals surface area contributed by atoms with E-state index in [1.54, 1.807) is 37.6 Å². The molecule has 0 fully saturated rings. The summed E-state index contributed by atoms with van der Waals surface area (Å²) in [5.41, 5.74) is 1.51. The molecule has 0 atom stereocenters. The number of hydrogen-bond donors (Lipinski definition) is 0. The molecular formula is C16H12N2O3. The molecule has 1 aliphatic heterocycles. The van der Waals surface area contributed by atoms with Crippen LogP contribution in [-0.4, -0.2) is 24.0 Å². The third kappa shape index (κ3) is 2.67. The first kappa shape index (κ1) is 13.1. The van der Waals surface area contributed by atoms with E-state index in [4.69, 9.17) is 9.47 Å². The topological polar surface area (TPSA) is 60.8 Å². The Kier molecular flexibility index (Phi) is 3.47. The van der Waals surface area contributed by atoms with Gasteiger partial charge in [-0.1, -0.05) is 24.3 Å². The molecule has 3 rings (SSSR count). The van der Waals surface area contributed by atoms with Gasteiger partial charge in [-0.25, -0.2) is 9.79 Å². The molecule has 5 nitrogen and oxygen atoms in total. The number of carbonyl (C=O) groups is 1. The number of para-hydroxylation sites is 1. The van der Waals surface area contributed by atoms with Gasteiger partial charge < -0.3 is 9.47 Å². The Morgan fingerprint density at radius 2 is 1.95 bits per heavy atom. The van der Waals surface area contributed by atoms with Crippen LogP contribution in [0.4, 0.5) is 0 Å². The number of methoxy groups -OCH3 is 1. The molecule has 1 aromatic carbocycles. The average Bonchev–Trinajstić information content (AvgIpc) is 2.90. The zero-order valence-electron chi connectivity index (χ0n) is 11.3. The fourth-order valence-electron chi connectivity index (χ4n) is 1.94. The molecule has 0 aliphatic carbocycles. The molecular weight excluding hydrogens is 268 g/mol. The standard InChI is InChI=1S/C16H12N2O3/c1-20-14-8-3-2-6-11(14)10-13-16(19)21-15(18-13)12-7-4-5-9-17-12/h2-10H,1H3/b13-10-. The summed E-state index contributed by atoms with van der Waals surface area (Å²) in [4.78, 5) is 20.2. The molecule has 0 amide bonds. The van der Waals surface area contributed by atoms with Gasteiger partial charge in [-0.05, 0) is 24.3 Å². The number of carbonyl (C=O) groups excluding carboxylic acids is 1. The lowest BCUT2D eigenvalue weighted by atomic mass is 10.1. The first-order valence-corrected chi connectivity index (χ1v) is 6.35. The number of aliphatic imine (C=N–C) groups is 1. The zero-order valence-corrected chi connectivity index (χ0v) is 11.3. The summed E-state index contributed by atoms with van der Waals surface area (Å²) in [6, 6.07) is 12.7. The number of nitrogens with zero attached hydrogens (tertiary/aromatic N) is 2. The second-order valence-corrected chi connectivity index (χ2v) is 4.29. The van der Waals surface area contributed by atoms with E-state index in [1.165, 1.54) is 0 Å². The van der Waals surface area contributed by atoms with Crippen molar-refractivity contribution in [1.82, 2.24) is 4.98 Å². The fourth-order valence-corrected chi connectivity index (χ4v) is 1.94. The molecule has 2 aromatic rings. The van der Waals surface area contributed by atoms with Crippen LogP contribution in [0.2, 0.25) is 0 Å². The fraction of sp³-hybridized carbons (Fsp3) is 0.0625. The lowest BCUT2D eigenvalue weighted by Gasteiger charge is -2.03. The van der Waals surface area contributed by atoms with E-state index in [0.29, 0.717) is 11.4 Å². The van der Waals surface area contributed by atoms with Gasteiger partial charge in [0.25, 0.3) is 0 Å². The van der Waals surface area contributed by atoms with Crippen LogP contribution in [0, 0.1) is 0 Å². The maximum absolute atomic E-state index is 11.9. The van der Waals surface area contributed by atoms with Gasteiger partial charge in [0.2, 0.25) is 5.90 Å². The van der Waals surface area contributed by atoms with Gasteiger partial charge in [-0.3, -0.25) is 4.98 Å². The second-order valence-electron chi connectivity index (χ2n) is 4.29. The predicted molar refractivity (Wildman–Crippen MR) is 77.8 cm³/mol. The van der Waals surface area contributed by atoms with Crippen molar-refractivity contribution in [2.45, 2.75) is 0 Å². The monoisotopic (exact) mass is 280 g/mol. The minimum Gasteiger partial charge on any atom is -0.496 e. The Labute approximate surface area is 121 Å². The van der Waals surface area contributed by atoms with Crippen LogP contribution in [-0.2, 0) is 9.53 Å². The van der Waals surface area contributed by atoms with E-state index in [9.17, 15) is 4.79 Å². The molecule has 2 heterocycles. The third-order valence-corrected chi connectivity index (χ3v) is 2.94. The van der Waals surface area contributed by atoms with Crippen molar-refractivity contribution in [1.29, 1.82) is 0 Å². The van der Waals surface area contributed by atoms with Gasteiger partial charge in [0.15, 0.2) is 5.70 Å². The Morgan fingerprint density at radius 3 is 2.71 bits per heavy atom. The summed E-state index contributed by atoms with van der Waals surface area (Å²) in [6.07, 6.45) is 3.25. The summed E-state index contributed by atoms with van der Waals surface area (Å²) >= 11 is 0. The van der Waals surface area contributed by atoms with Crippen LogP contribution in [0.15, 0.2) is 59.4 Å². The minimum atomic E-state index is -0.499. The second kappa shape index (κ2) is 5.58. The smallest absolute Gasteiger partial charge is 0.363 e. The van der Waals surface area contributed by atoms with Crippen LogP contribution >= 0.6 is 0 Å². The van der Waals surface area contributed by atoms with Crippen LogP contribution in [0.5, 0.6) is 5.75 Å². The van der Waals surface area contributed by atoms with Crippen molar-refractivity contribution in [3.63, 3.8) is 0 Å². The molecule has 104 valence electrons. The number of rotatable bonds is 3. The number of ether oxygens (including phenoxy) is 2. The van der Waals surface area contributed by atoms with Crippen molar-refractivity contribution in [3.8, 4) is 5.75 Å². The Bertz CT molecular complexity index is 736. The largest absolute Gasteiger partial charge is 0.496 e. The highest BCUT2D eigenvalue weighted by atomic mass is 16.6. The first-order valence-electron chi connectivity index (χ1n) is 6.35. The Balaban J connectivity index is 1.97. The van der Waals surface area contributed by atoms with E-state index >= 15 is 0 Å². The highest BCUT2D eigenvalue weighted by Gasteiger charge is 2.25. The maximum atomic E-state index is 11.9. The van der Waals surface area contributed by atoms with Gasteiger partial charge in [0.05, 0.1) is 7.11 Å². The van der Waals surface area contributed by atoms with Gasteiger partial charge in [0.1, 0.15) is 11.4 Å². The van der Waals surface area contributed by atoms with Crippen molar-refractivity contribution in [2.24, 2.45) is 4.99 Å². The number of esters is 1. The molecule has 0 unspecified atom stereocenters. The summed E-state index contributed by atoms with van der Waals surface area (Å²) in [7, 11) is 1.58. The van der Waals surface area contributed by atoms with Gasteiger partial charge in [-0.2, -0.15) is 0 Å². The zero-order chi connectivity index (χ0) is 14.7. The summed E-state index contributed by atoms with van der Waals surface area (Å²) in [5.74, 6) is 0.377. The van der Waals surface area contributed by atoms with Gasteiger partial charge in [0, 0.05) is 11.8 Å². The Morgan fingerprint density at radius 1 is 1.14 bits per heavy atom. The van der Waals surface area contributed by atoms with E-state index in [2.05, 4.69) is 9.98 Å². The molecule has 0 bridgehead atoms. The number of cyclic esters (lactones) is 1. The van der Waals surface area contributed by atoms with Crippen molar-refractivity contribution in [3.05, 3.63) is 65.6 Å². The normalized spacial score (nSPS) is 15.8. The van der Waals surface area contributed by atoms with Gasteiger partial charge >= 0.3 is 5.97 Å². The quantitative estimate of drug-likeness (QED) is 0.640. The minimum absolute atomic E-state index is 0.210. The highest BCUT2D eigenvalue weighted by molar-refractivity contribution is 6.12. The summed E-state index contributed by atoms with van der Waals surface area (Å²) in [5, 5.41) is 0. The van der Waals surface area contributed by atoms with Crippen LogP contribution < -0.4 is 4.74 Å². The van der Waals surface area contributed by atoms with Crippen LogP contribution in [0.25, 0.3) is 6.08 Å². The highest BCUT2D eigenvalue weighted by Crippen LogP contribution is 2.23. The van der Waals surface area contributed by atoms with Crippen LogP contribution in [0.1, 0.15) is 11.3 Å². The SMILES string of the molecule is COc1ccccc1/C=C1\N=C(c2ccccn2)OC1=O. The van der Waals surface area contributed by atoms with Crippen molar-refractivity contribution >= 4 is 17.9 Å². The van der Waals surface area contributed by atoms with E-state index in [-0.39, 0.29) is 11.6 Å². The molecule has 0 saturated heterocycles. The van der Waals surface area contributed by atoms with Crippen LogP contribution in [0.3, 0.4) is 0 Å². The predicted octanol–water partition coefficient (Wildman–Crippen LogP) is 2.43. The molecule has 0 N–H and O–H groups in total. The summed E-state index contributed by atoms with van der Waals surface area (Å²) < 4.78 is 10.4. The van der Waals surface area contributed by atoms with Crippen molar-refractivity contribution in [2.75, 3.05) is 7.11 Å². The van der Waals surface area contributed by atoms with E-state index < -0.39 is 5.97 Å². The molecule has 21 heavy (non-hydrogen) atoms. The Hall–Kier alpha value is -2.95. The molecule has 5 heteroatoms. The molecule has 1 aliphatic rings. The number of aromatic nitrogens is 1. The van der Waals surface area contributed by atoms with Gasteiger partial charge in [-0.15, -0.1) is 0 Å². The molecule has 0 saturated carbocycles. The molecule has 0 spiro atoms. The number of pyridine rings is 1. The van der Waals surface area contributed by atoms with E-state index in [1.807, 2.05) is 24.3 Å². The number of benzene rings is 1. The first-order chi connectivity index (χ1) is 10.3. The summed E-state index contributed by atoms with van der Waals surface area (Å²) in [6.45, 7) is 0. The molecule has 1 aromatic heterocycles. The third-order valence-electron chi connectivity index (χ3n) is 2.94. The molecule has 0 radical (unpaired) electrons.